The first kappa shape index (κ1) is 10.0. The van der Waals surface area contributed by atoms with Gasteiger partial charge >= 0.3 is 6.18 Å². The van der Waals surface area contributed by atoms with Crippen molar-refractivity contribution in [1.29, 1.82) is 0 Å². The number of halogens is 3. The molecule has 0 aromatic heterocycles. The summed E-state index contributed by atoms with van der Waals surface area (Å²) in [4.78, 5) is 0. The van der Waals surface area contributed by atoms with Gasteiger partial charge in [-0.1, -0.05) is 12.2 Å². The largest absolute Gasteiger partial charge is 0.405 e. The fraction of sp³-hybridized carbons (Fsp3) is 0.750. The molecule has 0 aromatic rings. The molecule has 0 aliphatic carbocycles. The van der Waals surface area contributed by atoms with Gasteiger partial charge in [0.25, 0.3) is 0 Å². The molecule has 0 radical (unpaired) electrons. The van der Waals surface area contributed by atoms with E-state index in [2.05, 4.69) is 12.2 Å². The monoisotopic (exact) mass is 189 g/mol. The van der Waals surface area contributed by atoms with E-state index in [4.69, 9.17) is 0 Å². The van der Waals surface area contributed by atoms with Crippen molar-refractivity contribution in [3.8, 4) is 0 Å². The minimum absolute atomic E-state index is 0.164. The molecule has 0 rings (SSSR count). The Morgan fingerprint density at radius 1 is 1.60 bits per heavy atom. The predicted octanol–water partition coefficient (Wildman–Crippen LogP) is 1.79. The average molecular weight is 189 g/mol. The average Bonchev–Trinajstić information content (AvgIpc) is 1.81. The normalized spacial score (nSPS) is 11.2. The second-order valence-corrected chi connectivity index (χ2v) is 2.94. The van der Waals surface area contributed by atoms with Gasteiger partial charge in [-0.15, -0.1) is 11.8 Å². The van der Waals surface area contributed by atoms with Gasteiger partial charge in [0.15, 0.2) is 0 Å². The van der Waals surface area contributed by atoms with Gasteiger partial charge in [0.05, 0.1) is 0 Å². The second kappa shape index (κ2) is 4.02. The molecular weight excluding hydrogens is 183 g/mol. The summed E-state index contributed by atoms with van der Waals surface area (Å²) in [7, 11) is 0. The zero-order valence-corrected chi connectivity index (χ0v) is 6.79. The molecule has 0 amide bonds. The molecule has 0 fully saturated rings. The number of alkyl halides is 3. The maximum Gasteiger partial charge on any atom is 0.405 e. The third-order valence-corrected chi connectivity index (χ3v) is 1.78. The van der Waals surface area contributed by atoms with Crippen LogP contribution in [0.15, 0.2) is 0 Å². The van der Waals surface area contributed by atoms with Crippen LogP contribution >= 0.6 is 24.0 Å². The lowest BCUT2D eigenvalue weighted by Gasteiger charge is -2.07. The van der Waals surface area contributed by atoms with E-state index in [1.54, 1.807) is 6.26 Å². The molecule has 0 aromatic carbocycles. The van der Waals surface area contributed by atoms with E-state index in [9.17, 15) is 13.2 Å². The smallest absolute Gasteiger partial charge is 0.362 e. The van der Waals surface area contributed by atoms with Crippen LogP contribution in [-0.4, -0.2) is 23.3 Å². The Bertz CT molecular complexity index is 122. The highest BCUT2D eigenvalue weighted by atomic mass is 32.2. The molecule has 0 heterocycles. The maximum atomic E-state index is 11.4. The Morgan fingerprint density at radius 2 is 2.10 bits per heavy atom. The van der Waals surface area contributed by atoms with Crippen LogP contribution in [0.3, 0.4) is 0 Å². The van der Waals surface area contributed by atoms with Crippen molar-refractivity contribution in [1.82, 2.24) is 5.32 Å². The summed E-state index contributed by atoms with van der Waals surface area (Å²) in [5.41, 5.74) is 0. The first-order chi connectivity index (χ1) is 4.45. The molecule has 1 N–H and O–H groups in total. The van der Waals surface area contributed by atoms with Crippen molar-refractivity contribution in [3.63, 3.8) is 0 Å². The Kier molecular flexibility index (Phi) is 4.04. The molecule has 0 aliphatic rings. The van der Waals surface area contributed by atoms with Gasteiger partial charge in [-0.25, -0.2) is 0 Å². The molecule has 1 nitrogen and oxygen atoms in total. The van der Waals surface area contributed by atoms with Gasteiger partial charge in [-0.2, -0.15) is 13.2 Å². The Balaban J connectivity index is 3.46. The fourth-order valence-corrected chi connectivity index (χ4v) is 0.533. The maximum absolute atomic E-state index is 11.4. The van der Waals surface area contributed by atoms with Crippen LogP contribution in [0, 0.1) is 0 Å². The number of thiocarbonyl (C=S) groups is 1. The number of rotatable bonds is 1. The minimum Gasteiger partial charge on any atom is -0.362 e. The summed E-state index contributed by atoms with van der Waals surface area (Å²) in [6.07, 6.45) is -2.56. The Labute approximate surface area is 66.4 Å². The molecule has 0 saturated heterocycles. The van der Waals surface area contributed by atoms with Crippen LogP contribution < -0.4 is 5.32 Å². The number of nitrogens with one attached hydrogen (secondary N) is 1. The lowest BCUT2D eigenvalue weighted by Crippen LogP contribution is -2.30. The van der Waals surface area contributed by atoms with Crippen LogP contribution in [0.5, 0.6) is 0 Å². The third kappa shape index (κ3) is 6.15. The predicted molar refractivity (Wildman–Crippen MR) is 40.2 cm³/mol. The summed E-state index contributed by atoms with van der Waals surface area (Å²) >= 11 is 5.56. The lowest BCUT2D eigenvalue weighted by molar-refractivity contribution is -0.121. The molecule has 60 valence electrons. The number of hydrogen-bond donors (Lipinski definition) is 1. The molecule has 10 heavy (non-hydrogen) atoms. The van der Waals surface area contributed by atoms with Gasteiger partial charge in [0.1, 0.15) is 10.9 Å². The van der Waals surface area contributed by atoms with Crippen molar-refractivity contribution >= 4 is 28.3 Å². The van der Waals surface area contributed by atoms with Crippen molar-refractivity contribution in [2.75, 3.05) is 12.8 Å². The van der Waals surface area contributed by atoms with Crippen LogP contribution in [-0.2, 0) is 0 Å². The minimum atomic E-state index is -4.18. The lowest BCUT2D eigenvalue weighted by atomic mass is 10.6. The summed E-state index contributed by atoms with van der Waals surface area (Å²) < 4.78 is 34.4. The first-order valence-electron chi connectivity index (χ1n) is 2.34. The van der Waals surface area contributed by atoms with Gasteiger partial charge < -0.3 is 5.32 Å². The molecule has 0 atom stereocenters. The van der Waals surface area contributed by atoms with E-state index in [0.717, 1.165) is 11.8 Å². The highest BCUT2D eigenvalue weighted by molar-refractivity contribution is 8.22. The summed E-state index contributed by atoms with van der Waals surface area (Å²) in [6, 6.07) is 0. The molecule has 0 spiro atoms. The molecule has 0 saturated carbocycles. The van der Waals surface area contributed by atoms with Crippen molar-refractivity contribution in [3.05, 3.63) is 0 Å². The molecular formula is C4H6F3NS2. The summed E-state index contributed by atoms with van der Waals surface area (Å²) in [6.45, 7) is -1.05. The van der Waals surface area contributed by atoms with Gasteiger partial charge in [0, 0.05) is 0 Å². The molecule has 0 bridgehead atoms. The van der Waals surface area contributed by atoms with E-state index in [1.807, 2.05) is 5.32 Å². The highest BCUT2D eigenvalue weighted by Gasteiger charge is 2.26. The van der Waals surface area contributed by atoms with Crippen LogP contribution in [0.2, 0.25) is 0 Å². The topological polar surface area (TPSA) is 12.0 Å². The molecule has 0 aliphatic heterocycles. The van der Waals surface area contributed by atoms with Gasteiger partial charge in [-0.05, 0) is 6.26 Å². The van der Waals surface area contributed by atoms with E-state index in [1.165, 1.54) is 0 Å². The second-order valence-electron chi connectivity index (χ2n) is 1.46. The zero-order valence-electron chi connectivity index (χ0n) is 5.16. The van der Waals surface area contributed by atoms with Crippen molar-refractivity contribution < 1.29 is 13.2 Å². The van der Waals surface area contributed by atoms with E-state index >= 15 is 0 Å². The zero-order chi connectivity index (χ0) is 8.20. The van der Waals surface area contributed by atoms with Crippen molar-refractivity contribution in [2.45, 2.75) is 6.18 Å². The SMILES string of the molecule is CSC(=S)NCC(F)(F)F. The summed E-state index contributed by atoms with van der Waals surface area (Å²) in [5.74, 6) is 0. The van der Waals surface area contributed by atoms with Crippen LogP contribution in [0.4, 0.5) is 13.2 Å². The molecule has 0 unspecified atom stereocenters. The number of hydrogen-bond acceptors (Lipinski definition) is 2. The molecule has 6 heteroatoms. The van der Waals surface area contributed by atoms with Crippen LogP contribution in [0.25, 0.3) is 0 Å². The van der Waals surface area contributed by atoms with E-state index < -0.39 is 12.7 Å². The fourth-order valence-electron chi connectivity index (χ4n) is 0.245. The Morgan fingerprint density at radius 3 is 2.40 bits per heavy atom. The Hall–Kier alpha value is 0.0300. The van der Waals surface area contributed by atoms with Gasteiger partial charge in [-0.3, -0.25) is 0 Å². The van der Waals surface area contributed by atoms with Crippen molar-refractivity contribution in [2.24, 2.45) is 0 Å². The third-order valence-electron chi connectivity index (χ3n) is 0.619. The number of thioether (sulfide) groups is 1. The van der Waals surface area contributed by atoms with E-state index in [-0.39, 0.29) is 4.32 Å². The van der Waals surface area contributed by atoms with Crippen LogP contribution in [0.1, 0.15) is 0 Å². The standard InChI is InChI=1S/C4H6F3NS2/c1-10-3(9)8-2-4(5,6)7/h2H2,1H3,(H,8,9). The van der Waals surface area contributed by atoms with Gasteiger partial charge in [0.2, 0.25) is 0 Å². The van der Waals surface area contributed by atoms with E-state index in [0.29, 0.717) is 0 Å². The highest BCUT2D eigenvalue weighted by Crippen LogP contribution is 2.12. The quantitative estimate of drug-likeness (QED) is 0.631. The summed E-state index contributed by atoms with van der Waals surface area (Å²) in [5, 5.41) is 2.04. The first-order valence-corrected chi connectivity index (χ1v) is 3.97.